The van der Waals surface area contributed by atoms with Crippen molar-refractivity contribution in [3.05, 3.63) is 63.7 Å². The number of nitro benzene ring substituents is 1. The molecule has 29 heavy (non-hydrogen) atoms. The molecule has 0 fully saturated rings. The van der Waals surface area contributed by atoms with Crippen LogP contribution in [0.5, 0.6) is 5.75 Å². The van der Waals surface area contributed by atoms with Crippen molar-refractivity contribution in [3.63, 3.8) is 0 Å². The summed E-state index contributed by atoms with van der Waals surface area (Å²) in [5, 5.41) is 16.2. The lowest BCUT2D eigenvalue weighted by atomic mass is 10.1. The molecule has 11 heteroatoms. The van der Waals surface area contributed by atoms with Crippen molar-refractivity contribution < 1.29 is 32.4 Å². The Morgan fingerprint density at radius 1 is 1.10 bits per heavy atom. The molecular formula is C18H16F3N3O5. The number of alkyl halides is 3. The normalized spacial score (nSPS) is 10.9. The highest BCUT2D eigenvalue weighted by Gasteiger charge is 2.33. The molecule has 0 aromatic heterocycles. The number of benzene rings is 2. The van der Waals surface area contributed by atoms with Crippen LogP contribution in [0, 0.1) is 10.1 Å². The van der Waals surface area contributed by atoms with Crippen LogP contribution >= 0.6 is 0 Å². The van der Waals surface area contributed by atoms with Gasteiger partial charge in [0.05, 0.1) is 10.5 Å². The van der Waals surface area contributed by atoms with Gasteiger partial charge in [-0.3, -0.25) is 19.7 Å². The molecule has 0 bridgehead atoms. The van der Waals surface area contributed by atoms with Crippen molar-refractivity contribution in [1.29, 1.82) is 0 Å². The maximum atomic E-state index is 12.7. The van der Waals surface area contributed by atoms with Gasteiger partial charge in [0.25, 0.3) is 11.6 Å². The van der Waals surface area contributed by atoms with E-state index in [-0.39, 0.29) is 24.5 Å². The molecule has 1 amide bonds. The van der Waals surface area contributed by atoms with Crippen LogP contribution in [0.25, 0.3) is 0 Å². The molecule has 0 aliphatic rings. The lowest BCUT2D eigenvalue weighted by Crippen LogP contribution is -2.28. The Bertz CT molecular complexity index is 914. The molecule has 2 aromatic carbocycles. The van der Waals surface area contributed by atoms with E-state index in [1.807, 2.05) is 0 Å². The van der Waals surface area contributed by atoms with Crippen LogP contribution in [0.4, 0.5) is 24.5 Å². The van der Waals surface area contributed by atoms with Crippen LogP contribution in [-0.4, -0.2) is 29.9 Å². The highest BCUT2D eigenvalue weighted by Crippen LogP contribution is 2.34. The minimum atomic E-state index is -4.69. The Balaban J connectivity index is 1.92. The second-order valence-electron chi connectivity index (χ2n) is 5.79. The van der Waals surface area contributed by atoms with E-state index >= 15 is 0 Å². The summed E-state index contributed by atoms with van der Waals surface area (Å²) in [7, 11) is 0. The average molecular weight is 411 g/mol. The Morgan fingerprint density at radius 2 is 1.76 bits per heavy atom. The Kier molecular flexibility index (Phi) is 6.75. The zero-order chi connectivity index (χ0) is 21.6. The van der Waals surface area contributed by atoms with E-state index in [1.165, 1.54) is 31.2 Å². The summed E-state index contributed by atoms with van der Waals surface area (Å²) in [5.74, 6) is -0.654. The number of carbonyl (C=O) groups excluding carboxylic acids is 2. The lowest BCUT2D eigenvalue weighted by molar-refractivity contribution is -0.384. The number of nitro groups is 1. The Labute approximate surface area is 162 Å². The fourth-order valence-electron chi connectivity index (χ4n) is 2.32. The first-order valence-corrected chi connectivity index (χ1v) is 8.24. The van der Waals surface area contributed by atoms with Gasteiger partial charge in [-0.1, -0.05) is 0 Å². The average Bonchev–Trinajstić information content (AvgIpc) is 2.64. The van der Waals surface area contributed by atoms with Crippen LogP contribution in [0.1, 0.15) is 22.8 Å². The van der Waals surface area contributed by atoms with Gasteiger partial charge in [-0.2, -0.15) is 13.2 Å². The molecule has 2 aromatic rings. The van der Waals surface area contributed by atoms with Crippen molar-refractivity contribution in [3.8, 4) is 5.75 Å². The summed E-state index contributed by atoms with van der Waals surface area (Å²) < 4.78 is 42.9. The number of hydrogen-bond acceptors (Lipinski definition) is 6. The van der Waals surface area contributed by atoms with E-state index in [0.29, 0.717) is 11.6 Å². The molecule has 0 atom stereocenters. The van der Waals surface area contributed by atoms with Crippen LogP contribution in [0.2, 0.25) is 0 Å². The van der Waals surface area contributed by atoms with Gasteiger partial charge in [-0.05, 0) is 36.4 Å². The summed E-state index contributed by atoms with van der Waals surface area (Å²) in [6.07, 6.45) is -4.69. The third-order valence-electron chi connectivity index (χ3n) is 3.63. The van der Waals surface area contributed by atoms with Gasteiger partial charge in [0.15, 0.2) is 0 Å². The number of hydrogen-bond donors (Lipinski definition) is 2. The van der Waals surface area contributed by atoms with Crippen molar-refractivity contribution in [2.75, 3.05) is 18.4 Å². The van der Waals surface area contributed by atoms with Gasteiger partial charge in [-0.15, -0.1) is 0 Å². The largest absolute Gasteiger partial charge is 0.427 e. The van der Waals surface area contributed by atoms with E-state index in [4.69, 9.17) is 4.74 Å². The highest BCUT2D eigenvalue weighted by molar-refractivity contribution is 5.94. The van der Waals surface area contributed by atoms with Crippen LogP contribution in [-0.2, 0) is 11.0 Å². The topological polar surface area (TPSA) is 111 Å². The summed E-state index contributed by atoms with van der Waals surface area (Å²) in [4.78, 5) is 33.0. The number of amides is 1. The first-order valence-electron chi connectivity index (χ1n) is 8.24. The minimum absolute atomic E-state index is 0.0451. The molecule has 154 valence electrons. The van der Waals surface area contributed by atoms with Crippen molar-refractivity contribution >= 4 is 23.3 Å². The number of anilines is 1. The standard InChI is InChI=1S/C18H16F3N3O5/c1-11(25)29-14-5-2-12(3-6-14)17(26)23-9-8-22-15-7-4-13(18(19,20)21)10-16(15)24(27)28/h2-7,10,22H,8-9H2,1H3,(H,23,26). The van der Waals surface area contributed by atoms with E-state index in [9.17, 15) is 32.9 Å². The van der Waals surface area contributed by atoms with Gasteiger partial charge in [-0.25, -0.2) is 0 Å². The van der Waals surface area contributed by atoms with Crippen LogP contribution < -0.4 is 15.4 Å². The second-order valence-corrected chi connectivity index (χ2v) is 5.79. The lowest BCUT2D eigenvalue weighted by Gasteiger charge is -2.11. The fourth-order valence-corrected chi connectivity index (χ4v) is 2.32. The Morgan fingerprint density at radius 3 is 2.31 bits per heavy atom. The summed E-state index contributed by atoms with van der Waals surface area (Å²) in [6.45, 7) is 1.35. The van der Waals surface area contributed by atoms with E-state index < -0.39 is 34.2 Å². The minimum Gasteiger partial charge on any atom is -0.427 e. The zero-order valence-corrected chi connectivity index (χ0v) is 15.1. The number of ether oxygens (including phenoxy) is 1. The first kappa shape index (κ1) is 21.7. The molecule has 0 radical (unpaired) electrons. The van der Waals surface area contributed by atoms with Crippen LogP contribution in [0.3, 0.4) is 0 Å². The van der Waals surface area contributed by atoms with E-state index in [1.54, 1.807) is 0 Å². The SMILES string of the molecule is CC(=O)Oc1ccc(C(=O)NCCNc2ccc(C(F)(F)F)cc2[N+](=O)[O-])cc1. The predicted molar refractivity (Wildman–Crippen MR) is 96.7 cm³/mol. The number of nitrogens with one attached hydrogen (secondary N) is 2. The fraction of sp³-hybridized carbons (Fsp3) is 0.222. The number of rotatable bonds is 7. The monoisotopic (exact) mass is 411 g/mol. The number of nitrogens with zero attached hydrogens (tertiary/aromatic N) is 1. The number of carbonyl (C=O) groups is 2. The molecule has 0 saturated carbocycles. The van der Waals surface area contributed by atoms with E-state index in [0.717, 1.165) is 12.1 Å². The molecule has 0 heterocycles. The van der Waals surface area contributed by atoms with E-state index in [2.05, 4.69) is 10.6 Å². The van der Waals surface area contributed by atoms with Crippen molar-refractivity contribution in [1.82, 2.24) is 5.32 Å². The molecule has 0 spiro atoms. The maximum absolute atomic E-state index is 12.7. The Hall–Kier alpha value is -3.63. The first-order chi connectivity index (χ1) is 13.6. The number of esters is 1. The number of halogens is 3. The van der Waals surface area contributed by atoms with Gasteiger partial charge in [0.2, 0.25) is 0 Å². The van der Waals surface area contributed by atoms with Crippen molar-refractivity contribution in [2.24, 2.45) is 0 Å². The van der Waals surface area contributed by atoms with Crippen molar-refractivity contribution in [2.45, 2.75) is 13.1 Å². The van der Waals surface area contributed by atoms with Crippen LogP contribution in [0.15, 0.2) is 42.5 Å². The molecule has 2 N–H and O–H groups in total. The maximum Gasteiger partial charge on any atom is 0.416 e. The molecule has 8 nitrogen and oxygen atoms in total. The molecule has 0 unspecified atom stereocenters. The predicted octanol–water partition coefficient (Wildman–Crippen LogP) is 3.38. The molecule has 2 rings (SSSR count). The van der Waals surface area contributed by atoms with Gasteiger partial charge in [0.1, 0.15) is 11.4 Å². The smallest absolute Gasteiger partial charge is 0.416 e. The molecular weight excluding hydrogens is 395 g/mol. The van der Waals surface area contributed by atoms with Gasteiger partial charge >= 0.3 is 12.1 Å². The molecule has 0 aliphatic heterocycles. The summed E-state index contributed by atoms with van der Waals surface area (Å²) in [6, 6.07) is 7.93. The zero-order valence-electron chi connectivity index (χ0n) is 15.1. The quantitative estimate of drug-likeness (QED) is 0.238. The third kappa shape index (κ3) is 6.19. The summed E-state index contributed by atoms with van der Waals surface area (Å²) >= 11 is 0. The second kappa shape index (κ2) is 9.04. The summed E-state index contributed by atoms with van der Waals surface area (Å²) in [5.41, 5.74) is -1.64. The third-order valence-corrected chi connectivity index (χ3v) is 3.63. The highest BCUT2D eigenvalue weighted by atomic mass is 19.4. The molecule has 0 aliphatic carbocycles. The molecule has 0 saturated heterocycles. The van der Waals surface area contributed by atoms with Gasteiger partial charge in [0, 0.05) is 31.6 Å². The van der Waals surface area contributed by atoms with Gasteiger partial charge < -0.3 is 15.4 Å².